The highest BCUT2D eigenvalue weighted by Gasteiger charge is 2.11. The number of benzene rings is 1. The Morgan fingerprint density at radius 3 is 2.71 bits per heavy atom. The Hall–Kier alpha value is -0.610. The zero-order chi connectivity index (χ0) is 12.7. The first kappa shape index (κ1) is 14.5. The van der Waals surface area contributed by atoms with Gasteiger partial charge in [0.2, 0.25) is 0 Å². The highest BCUT2D eigenvalue weighted by Crippen LogP contribution is 2.20. The largest absolute Gasteiger partial charge is 0.323 e. The van der Waals surface area contributed by atoms with Gasteiger partial charge in [0.1, 0.15) is 11.6 Å². The van der Waals surface area contributed by atoms with Crippen molar-refractivity contribution in [3.63, 3.8) is 0 Å². The van der Waals surface area contributed by atoms with E-state index in [4.69, 9.17) is 5.73 Å². The van der Waals surface area contributed by atoms with Crippen LogP contribution in [0.3, 0.4) is 0 Å². The number of hydrogen-bond acceptors (Lipinski definition) is 2. The molecule has 96 valence electrons. The molecule has 0 bridgehead atoms. The molecule has 1 rings (SSSR count). The van der Waals surface area contributed by atoms with Gasteiger partial charge in [-0.1, -0.05) is 25.8 Å². The molecule has 2 N–H and O–H groups in total. The van der Waals surface area contributed by atoms with Gasteiger partial charge in [-0.15, -0.1) is 0 Å². The third kappa shape index (κ3) is 5.04. The molecule has 0 spiro atoms. The third-order valence-corrected chi connectivity index (χ3v) is 3.72. The summed E-state index contributed by atoms with van der Waals surface area (Å²) < 4.78 is 26.1. The molecule has 0 saturated heterocycles. The first-order chi connectivity index (χ1) is 8.15. The molecule has 0 aliphatic heterocycles. The lowest BCUT2D eigenvalue weighted by atomic mass is 10.1. The van der Waals surface area contributed by atoms with Crippen LogP contribution in [0.5, 0.6) is 0 Å². The Bertz CT molecular complexity index is 344. The van der Waals surface area contributed by atoms with E-state index in [1.54, 1.807) is 11.8 Å². The van der Waals surface area contributed by atoms with Crippen molar-refractivity contribution in [3.05, 3.63) is 35.4 Å². The van der Waals surface area contributed by atoms with E-state index in [0.29, 0.717) is 11.3 Å². The molecule has 1 aromatic carbocycles. The maximum Gasteiger partial charge on any atom is 0.130 e. The fourth-order valence-corrected chi connectivity index (χ4v) is 2.56. The molecule has 0 aromatic heterocycles. The molecule has 0 saturated carbocycles. The number of unbranched alkanes of at least 4 members (excludes halogenated alkanes) is 2. The summed E-state index contributed by atoms with van der Waals surface area (Å²) in [6.07, 6.45) is 3.58. The van der Waals surface area contributed by atoms with Crippen molar-refractivity contribution in [1.29, 1.82) is 0 Å². The van der Waals surface area contributed by atoms with Gasteiger partial charge in [-0.25, -0.2) is 8.78 Å². The van der Waals surface area contributed by atoms with Gasteiger partial charge in [-0.05, 0) is 18.2 Å². The van der Waals surface area contributed by atoms with Gasteiger partial charge in [0.05, 0.1) is 0 Å². The van der Waals surface area contributed by atoms with Crippen molar-refractivity contribution in [2.24, 2.45) is 5.73 Å². The lowest BCUT2D eigenvalue weighted by Crippen LogP contribution is -2.15. The minimum atomic E-state index is -0.561. The number of hydrogen-bond donors (Lipinski definition) is 1. The molecule has 0 heterocycles. The van der Waals surface area contributed by atoms with Crippen LogP contribution in [0.4, 0.5) is 8.78 Å². The highest BCUT2D eigenvalue weighted by molar-refractivity contribution is 7.99. The Morgan fingerprint density at radius 2 is 2.06 bits per heavy atom. The zero-order valence-corrected chi connectivity index (χ0v) is 10.9. The molecule has 1 unspecified atom stereocenters. The Balaban J connectivity index is 2.38. The van der Waals surface area contributed by atoms with E-state index in [1.165, 1.54) is 31.4 Å². The van der Waals surface area contributed by atoms with Crippen molar-refractivity contribution < 1.29 is 8.78 Å². The van der Waals surface area contributed by atoms with Crippen LogP contribution in [0.2, 0.25) is 0 Å². The molecular weight excluding hydrogens is 240 g/mol. The van der Waals surface area contributed by atoms with E-state index < -0.39 is 11.6 Å². The van der Waals surface area contributed by atoms with Crippen molar-refractivity contribution in [3.8, 4) is 0 Å². The van der Waals surface area contributed by atoms with Crippen molar-refractivity contribution in [2.45, 2.75) is 32.2 Å². The second-order valence-corrected chi connectivity index (χ2v) is 5.20. The minimum absolute atomic E-state index is 0.359. The van der Waals surface area contributed by atoms with E-state index in [0.717, 1.165) is 11.8 Å². The maximum absolute atomic E-state index is 13.4. The van der Waals surface area contributed by atoms with E-state index in [2.05, 4.69) is 6.92 Å². The van der Waals surface area contributed by atoms with Gasteiger partial charge in [-0.3, -0.25) is 0 Å². The summed E-state index contributed by atoms with van der Waals surface area (Å²) in [6, 6.07) is 3.21. The summed E-state index contributed by atoms with van der Waals surface area (Å²) in [5.41, 5.74) is 6.27. The Morgan fingerprint density at radius 1 is 1.29 bits per heavy atom. The third-order valence-electron chi connectivity index (χ3n) is 2.55. The number of thioether (sulfide) groups is 1. The molecule has 17 heavy (non-hydrogen) atoms. The summed E-state index contributed by atoms with van der Waals surface area (Å²) in [5.74, 6) is 0.608. The average Bonchev–Trinajstić information content (AvgIpc) is 2.28. The van der Waals surface area contributed by atoms with Crippen LogP contribution in [0, 0.1) is 11.6 Å². The van der Waals surface area contributed by atoms with Crippen LogP contribution in [-0.2, 0) is 0 Å². The van der Waals surface area contributed by atoms with Gasteiger partial charge >= 0.3 is 0 Å². The molecule has 0 aliphatic rings. The van der Waals surface area contributed by atoms with Crippen LogP contribution < -0.4 is 5.73 Å². The SMILES string of the molecule is CCCCCSCC(N)c1ccc(F)cc1F. The first-order valence-corrected chi connectivity index (χ1v) is 7.09. The summed E-state index contributed by atoms with van der Waals surface area (Å²) in [7, 11) is 0. The number of halogens is 2. The van der Waals surface area contributed by atoms with Crippen LogP contribution in [0.25, 0.3) is 0 Å². The quantitative estimate of drug-likeness (QED) is 0.752. The van der Waals surface area contributed by atoms with E-state index >= 15 is 0 Å². The van der Waals surface area contributed by atoms with E-state index in [-0.39, 0.29) is 6.04 Å². The second kappa shape index (κ2) is 7.67. The average molecular weight is 259 g/mol. The highest BCUT2D eigenvalue weighted by atomic mass is 32.2. The normalized spacial score (nSPS) is 12.7. The predicted molar refractivity (Wildman–Crippen MR) is 70.1 cm³/mol. The predicted octanol–water partition coefficient (Wildman–Crippen LogP) is 3.89. The van der Waals surface area contributed by atoms with Gasteiger partial charge in [0.15, 0.2) is 0 Å². The molecule has 1 nitrogen and oxygen atoms in total. The van der Waals surface area contributed by atoms with E-state index in [1.807, 2.05) is 0 Å². The lowest BCUT2D eigenvalue weighted by molar-refractivity contribution is 0.563. The van der Waals surface area contributed by atoms with Crippen LogP contribution in [0.15, 0.2) is 18.2 Å². The second-order valence-electron chi connectivity index (χ2n) is 4.05. The first-order valence-electron chi connectivity index (χ1n) is 5.93. The molecule has 0 fully saturated rings. The maximum atomic E-state index is 13.4. The van der Waals surface area contributed by atoms with E-state index in [9.17, 15) is 8.78 Å². The number of nitrogens with two attached hydrogens (primary N) is 1. The van der Waals surface area contributed by atoms with Crippen LogP contribution >= 0.6 is 11.8 Å². The monoisotopic (exact) mass is 259 g/mol. The lowest BCUT2D eigenvalue weighted by Gasteiger charge is -2.12. The smallest absolute Gasteiger partial charge is 0.130 e. The Labute approximate surface area is 106 Å². The van der Waals surface area contributed by atoms with Gasteiger partial charge in [0, 0.05) is 23.4 Å². The zero-order valence-electron chi connectivity index (χ0n) is 10.1. The summed E-state index contributed by atoms with van der Waals surface area (Å²) in [5, 5.41) is 0. The van der Waals surface area contributed by atoms with Crippen molar-refractivity contribution in [2.75, 3.05) is 11.5 Å². The molecule has 0 radical (unpaired) electrons. The van der Waals surface area contributed by atoms with Crippen LogP contribution in [-0.4, -0.2) is 11.5 Å². The molecule has 1 aromatic rings. The molecular formula is C13H19F2NS. The van der Waals surface area contributed by atoms with Crippen molar-refractivity contribution in [1.82, 2.24) is 0 Å². The minimum Gasteiger partial charge on any atom is -0.323 e. The standard InChI is InChI=1S/C13H19F2NS/c1-2-3-4-7-17-9-13(16)11-6-5-10(14)8-12(11)15/h5-6,8,13H,2-4,7,9,16H2,1H3. The molecule has 4 heteroatoms. The molecule has 0 amide bonds. The summed E-state index contributed by atoms with van der Waals surface area (Å²) in [4.78, 5) is 0. The fourth-order valence-electron chi connectivity index (χ4n) is 1.56. The van der Waals surface area contributed by atoms with Gasteiger partial charge in [0.25, 0.3) is 0 Å². The molecule has 1 atom stereocenters. The topological polar surface area (TPSA) is 26.0 Å². The summed E-state index contributed by atoms with van der Waals surface area (Å²) >= 11 is 1.72. The molecule has 0 aliphatic carbocycles. The van der Waals surface area contributed by atoms with Gasteiger partial charge in [-0.2, -0.15) is 11.8 Å². The van der Waals surface area contributed by atoms with Crippen LogP contribution in [0.1, 0.15) is 37.8 Å². The Kier molecular flexibility index (Phi) is 6.52. The van der Waals surface area contributed by atoms with Gasteiger partial charge < -0.3 is 5.73 Å². The fraction of sp³-hybridized carbons (Fsp3) is 0.538. The summed E-state index contributed by atoms with van der Waals surface area (Å²) in [6.45, 7) is 2.16. The van der Waals surface area contributed by atoms with Crippen molar-refractivity contribution >= 4 is 11.8 Å². The number of rotatable bonds is 7.